The summed E-state index contributed by atoms with van der Waals surface area (Å²) in [5.41, 5.74) is 3.57. The normalized spacial score (nSPS) is 13.4. The molecule has 6 nitrogen and oxygen atoms in total. The SMILES string of the molecule is COC(=O)c1ccc(Nc2ncc3c(n2)CNCC3)cc1. The van der Waals surface area contributed by atoms with E-state index in [4.69, 9.17) is 0 Å². The number of ether oxygens (including phenoxy) is 1. The van der Waals surface area contributed by atoms with Crippen molar-refractivity contribution in [3.8, 4) is 0 Å². The Balaban J connectivity index is 1.75. The first kappa shape index (κ1) is 13.5. The zero-order valence-corrected chi connectivity index (χ0v) is 11.7. The summed E-state index contributed by atoms with van der Waals surface area (Å²) < 4.78 is 4.67. The topological polar surface area (TPSA) is 76.1 Å². The number of nitrogens with one attached hydrogen (secondary N) is 2. The summed E-state index contributed by atoms with van der Waals surface area (Å²) in [6, 6.07) is 7.00. The Hall–Kier alpha value is -2.47. The maximum absolute atomic E-state index is 11.4. The fraction of sp³-hybridized carbons (Fsp3) is 0.267. The Bertz CT molecular complexity index is 655. The minimum absolute atomic E-state index is 0.349. The highest BCUT2D eigenvalue weighted by atomic mass is 16.5. The van der Waals surface area contributed by atoms with E-state index in [2.05, 4.69) is 25.3 Å². The molecule has 1 aromatic carbocycles. The third-order valence-electron chi connectivity index (χ3n) is 3.38. The number of hydrogen-bond acceptors (Lipinski definition) is 6. The fourth-order valence-corrected chi connectivity index (χ4v) is 2.23. The van der Waals surface area contributed by atoms with Gasteiger partial charge in [-0.1, -0.05) is 0 Å². The molecule has 0 atom stereocenters. The summed E-state index contributed by atoms with van der Waals surface area (Å²) in [5, 5.41) is 6.43. The maximum atomic E-state index is 11.4. The van der Waals surface area contributed by atoms with E-state index in [-0.39, 0.29) is 5.97 Å². The largest absolute Gasteiger partial charge is 0.465 e. The van der Waals surface area contributed by atoms with E-state index in [1.54, 1.807) is 24.3 Å². The predicted molar refractivity (Wildman–Crippen MR) is 78.5 cm³/mol. The van der Waals surface area contributed by atoms with Crippen LogP contribution in [0.25, 0.3) is 0 Å². The van der Waals surface area contributed by atoms with Crippen molar-refractivity contribution in [2.45, 2.75) is 13.0 Å². The molecule has 1 aliphatic heterocycles. The number of esters is 1. The summed E-state index contributed by atoms with van der Waals surface area (Å²) >= 11 is 0. The van der Waals surface area contributed by atoms with Gasteiger partial charge in [-0.2, -0.15) is 0 Å². The summed E-state index contributed by atoms with van der Waals surface area (Å²) in [7, 11) is 1.36. The second-order valence-corrected chi connectivity index (χ2v) is 4.79. The average Bonchev–Trinajstić information content (AvgIpc) is 2.55. The van der Waals surface area contributed by atoms with Gasteiger partial charge in [0.05, 0.1) is 18.4 Å². The zero-order chi connectivity index (χ0) is 14.7. The van der Waals surface area contributed by atoms with Gasteiger partial charge in [0.2, 0.25) is 5.95 Å². The summed E-state index contributed by atoms with van der Waals surface area (Å²) in [5.74, 6) is 0.209. The molecule has 2 heterocycles. The molecule has 0 amide bonds. The molecular weight excluding hydrogens is 268 g/mol. The van der Waals surface area contributed by atoms with Gasteiger partial charge >= 0.3 is 5.97 Å². The van der Waals surface area contributed by atoms with E-state index in [0.29, 0.717) is 11.5 Å². The molecule has 0 saturated carbocycles. The number of fused-ring (bicyclic) bond motifs is 1. The highest BCUT2D eigenvalue weighted by Gasteiger charge is 2.11. The van der Waals surface area contributed by atoms with Gasteiger partial charge < -0.3 is 15.4 Å². The molecule has 0 radical (unpaired) electrons. The van der Waals surface area contributed by atoms with E-state index in [9.17, 15) is 4.79 Å². The first-order chi connectivity index (χ1) is 10.3. The lowest BCUT2D eigenvalue weighted by atomic mass is 10.1. The van der Waals surface area contributed by atoms with Crippen molar-refractivity contribution in [3.63, 3.8) is 0 Å². The number of benzene rings is 1. The molecule has 3 rings (SSSR count). The molecule has 21 heavy (non-hydrogen) atoms. The van der Waals surface area contributed by atoms with Crippen molar-refractivity contribution in [1.29, 1.82) is 0 Å². The van der Waals surface area contributed by atoms with Gasteiger partial charge in [-0.25, -0.2) is 14.8 Å². The second-order valence-electron chi connectivity index (χ2n) is 4.79. The monoisotopic (exact) mass is 284 g/mol. The van der Waals surface area contributed by atoms with Crippen molar-refractivity contribution in [1.82, 2.24) is 15.3 Å². The number of aromatic nitrogens is 2. The molecule has 108 valence electrons. The van der Waals surface area contributed by atoms with Crippen LogP contribution in [0, 0.1) is 0 Å². The number of carbonyl (C=O) groups is 1. The van der Waals surface area contributed by atoms with Crippen LogP contribution in [0.5, 0.6) is 0 Å². The molecule has 6 heteroatoms. The Labute approximate surface area is 122 Å². The predicted octanol–water partition coefficient (Wildman–Crippen LogP) is 1.65. The molecule has 0 fully saturated rings. The average molecular weight is 284 g/mol. The minimum Gasteiger partial charge on any atom is -0.465 e. The van der Waals surface area contributed by atoms with Crippen LogP contribution < -0.4 is 10.6 Å². The number of anilines is 2. The van der Waals surface area contributed by atoms with Crippen molar-refractivity contribution < 1.29 is 9.53 Å². The number of methoxy groups -OCH3 is 1. The molecule has 0 bridgehead atoms. The Morgan fingerprint density at radius 1 is 1.33 bits per heavy atom. The summed E-state index contributed by atoms with van der Waals surface area (Å²) in [6.07, 6.45) is 2.83. The minimum atomic E-state index is -0.349. The van der Waals surface area contributed by atoms with Crippen molar-refractivity contribution >= 4 is 17.6 Å². The molecule has 2 N–H and O–H groups in total. The van der Waals surface area contributed by atoms with Crippen LogP contribution in [0.4, 0.5) is 11.6 Å². The van der Waals surface area contributed by atoms with Crippen molar-refractivity contribution in [2.75, 3.05) is 19.0 Å². The van der Waals surface area contributed by atoms with Crippen LogP contribution in [-0.2, 0) is 17.7 Å². The van der Waals surface area contributed by atoms with E-state index < -0.39 is 0 Å². The standard InChI is InChI=1S/C15H16N4O2/c1-21-14(20)10-2-4-12(5-3-10)18-15-17-8-11-6-7-16-9-13(11)19-15/h2-5,8,16H,6-7,9H2,1H3,(H,17,18,19). The highest BCUT2D eigenvalue weighted by Crippen LogP contribution is 2.17. The molecule has 0 unspecified atom stereocenters. The maximum Gasteiger partial charge on any atom is 0.337 e. The lowest BCUT2D eigenvalue weighted by molar-refractivity contribution is 0.0601. The van der Waals surface area contributed by atoms with Gasteiger partial charge in [0.25, 0.3) is 0 Å². The smallest absolute Gasteiger partial charge is 0.337 e. The number of nitrogens with zero attached hydrogens (tertiary/aromatic N) is 2. The fourth-order valence-electron chi connectivity index (χ4n) is 2.23. The molecule has 0 aliphatic carbocycles. The van der Waals surface area contributed by atoms with E-state index >= 15 is 0 Å². The zero-order valence-electron chi connectivity index (χ0n) is 11.7. The van der Waals surface area contributed by atoms with Crippen LogP contribution in [0.1, 0.15) is 21.6 Å². The van der Waals surface area contributed by atoms with Gasteiger partial charge in [-0.3, -0.25) is 0 Å². The first-order valence-corrected chi connectivity index (χ1v) is 6.77. The van der Waals surface area contributed by atoms with Crippen LogP contribution in [0.3, 0.4) is 0 Å². The van der Waals surface area contributed by atoms with Gasteiger partial charge in [0.15, 0.2) is 0 Å². The quantitative estimate of drug-likeness (QED) is 0.835. The van der Waals surface area contributed by atoms with Crippen molar-refractivity contribution in [2.24, 2.45) is 0 Å². The molecular formula is C15H16N4O2. The molecule has 1 aliphatic rings. The van der Waals surface area contributed by atoms with Crippen LogP contribution >= 0.6 is 0 Å². The molecule has 2 aromatic rings. The van der Waals surface area contributed by atoms with E-state index in [1.807, 2.05) is 6.20 Å². The first-order valence-electron chi connectivity index (χ1n) is 6.77. The lowest BCUT2D eigenvalue weighted by Crippen LogP contribution is -2.25. The Morgan fingerprint density at radius 3 is 2.90 bits per heavy atom. The molecule has 1 aromatic heterocycles. The third-order valence-corrected chi connectivity index (χ3v) is 3.38. The van der Waals surface area contributed by atoms with E-state index in [1.165, 1.54) is 12.7 Å². The Morgan fingerprint density at radius 2 is 2.14 bits per heavy atom. The Kier molecular flexibility index (Phi) is 3.79. The second kappa shape index (κ2) is 5.88. The van der Waals surface area contributed by atoms with Crippen LogP contribution in [0.15, 0.2) is 30.5 Å². The molecule has 0 saturated heterocycles. The third kappa shape index (κ3) is 3.00. The number of rotatable bonds is 3. The number of hydrogen-bond donors (Lipinski definition) is 2. The van der Waals surface area contributed by atoms with Gasteiger partial charge in [-0.05, 0) is 42.8 Å². The van der Waals surface area contributed by atoms with Crippen LogP contribution in [0.2, 0.25) is 0 Å². The molecule has 0 spiro atoms. The van der Waals surface area contributed by atoms with Gasteiger partial charge in [0.1, 0.15) is 0 Å². The lowest BCUT2D eigenvalue weighted by Gasteiger charge is -2.16. The summed E-state index contributed by atoms with van der Waals surface area (Å²) in [4.78, 5) is 20.2. The highest BCUT2D eigenvalue weighted by molar-refractivity contribution is 5.89. The van der Waals surface area contributed by atoms with E-state index in [0.717, 1.165) is 30.9 Å². The van der Waals surface area contributed by atoms with Crippen LogP contribution in [-0.4, -0.2) is 29.6 Å². The van der Waals surface area contributed by atoms with Gasteiger partial charge in [-0.15, -0.1) is 0 Å². The van der Waals surface area contributed by atoms with Gasteiger partial charge in [0, 0.05) is 18.4 Å². The summed E-state index contributed by atoms with van der Waals surface area (Å²) in [6.45, 7) is 1.74. The van der Waals surface area contributed by atoms with Crippen molar-refractivity contribution in [3.05, 3.63) is 47.3 Å². The number of carbonyl (C=O) groups excluding carboxylic acids is 1.